The molecule has 0 atom stereocenters. The number of aromatic nitrogens is 5. The van der Waals surface area contributed by atoms with Gasteiger partial charge < -0.3 is 5.32 Å². The summed E-state index contributed by atoms with van der Waals surface area (Å²) in [6, 6.07) is 11.2. The van der Waals surface area contributed by atoms with Crippen molar-refractivity contribution in [1.29, 1.82) is 0 Å². The number of allylic oxidation sites excluding steroid dienone is 1. The molecule has 0 radical (unpaired) electrons. The van der Waals surface area contributed by atoms with Crippen LogP contribution in [0.5, 0.6) is 0 Å². The topological polar surface area (TPSA) is 98.0 Å². The third kappa shape index (κ3) is 4.52. The van der Waals surface area contributed by atoms with Crippen LogP contribution in [0.15, 0.2) is 72.4 Å². The van der Waals surface area contributed by atoms with Crippen LogP contribution in [-0.4, -0.2) is 42.9 Å². The molecular formula is C24H20FN7O. The lowest BCUT2D eigenvalue weighted by atomic mass is 10.1. The highest BCUT2D eigenvalue weighted by atomic mass is 19.1. The summed E-state index contributed by atoms with van der Waals surface area (Å²) in [5.41, 5.74) is 3.98. The Morgan fingerprint density at radius 2 is 1.97 bits per heavy atom. The summed E-state index contributed by atoms with van der Waals surface area (Å²) >= 11 is 0. The van der Waals surface area contributed by atoms with Crippen LogP contribution in [0.25, 0.3) is 28.1 Å². The summed E-state index contributed by atoms with van der Waals surface area (Å²) in [5.74, 6) is -0.0491. The van der Waals surface area contributed by atoms with E-state index in [-0.39, 0.29) is 11.7 Å². The van der Waals surface area contributed by atoms with Crippen molar-refractivity contribution in [3.63, 3.8) is 0 Å². The Morgan fingerprint density at radius 1 is 1.09 bits per heavy atom. The molecule has 2 aromatic carbocycles. The predicted octanol–water partition coefficient (Wildman–Crippen LogP) is 3.89. The highest BCUT2D eigenvalue weighted by molar-refractivity contribution is 5.97. The predicted molar refractivity (Wildman–Crippen MR) is 123 cm³/mol. The van der Waals surface area contributed by atoms with Crippen molar-refractivity contribution in [2.45, 2.75) is 19.3 Å². The van der Waals surface area contributed by atoms with Gasteiger partial charge in [-0.2, -0.15) is 5.10 Å². The van der Waals surface area contributed by atoms with E-state index in [1.807, 2.05) is 12.3 Å². The number of carbonyl (C=O) groups is 1. The summed E-state index contributed by atoms with van der Waals surface area (Å²) in [7, 11) is 0. The monoisotopic (exact) mass is 441 g/mol. The van der Waals surface area contributed by atoms with Crippen LogP contribution in [0.1, 0.15) is 29.6 Å². The second-order valence-corrected chi connectivity index (χ2v) is 7.59. The molecule has 33 heavy (non-hydrogen) atoms. The van der Waals surface area contributed by atoms with Gasteiger partial charge in [0.25, 0.3) is 5.91 Å². The van der Waals surface area contributed by atoms with Gasteiger partial charge in [0.2, 0.25) is 0 Å². The summed E-state index contributed by atoms with van der Waals surface area (Å²) in [6.07, 6.45) is 9.36. The fourth-order valence-corrected chi connectivity index (χ4v) is 3.63. The van der Waals surface area contributed by atoms with Crippen molar-refractivity contribution < 1.29 is 9.18 Å². The van der Waals surface area contributed by atoms with E-state index in [4.69, 9.17) is 4.98 Å². The van der Waals surface area contributed by atoms with Crippen LogP contribution >= 0.6 is 0 Å². The van der Waals surface area contributed by atoms with Gasteiger partial charge in [0.05, 0.1) is 11.0 Å². The molecule has 9 heteroatoms. The number of fused-ring (bicyclic) bond motifs is 1. The van der Waals surface area contributed by atoms with Gasteiger partial charge >= 0.3 is 0 Å². The minimum atomic E-state index is -0.343. The van der Waals surface area contributed by atoms with Crippen molar-refractivity contribution in [2.24, 2.45) is 4.99 Å². The molecule has 1 aliphatic heterocycles. The van der Waals surface area contributed by atoms with Crippen LogP contribution in [0, 0.1) is 5.82 Å². The number of rotatable bonds is 7. The molecule has 0 saturated carbocycles. The number of aliphatic imine (C=N–C) groups is 1. The first-order valence-corrected chi connectivity index (χ1v) is 10.6. The Balaban J connectivity index is 1.41. The van der Waals surface area contributed by atoms with Gasteiger partial charge in [-0.25, -0.2) is 24.0 Å². The van der Waals surface area contributed by atoms with Crippen molar-refractivity contribution in [2.75, 3.05) is 6.54 Å². The zero-order chi connectivity index (χ0) is 22.6. The fraction of sp³-hybridized carbons (Fsp3) is 0.167. The van der Waals surface area contributed by atoms with Crippen LogP contribution in [-0.2, 0) is 0 Å². The van der Waals surface area contributed by atoms with Gasteiger partial charge in [-0.15, -0.1) is 0 Å². The Bertz CT molecular complexity index is 1360. The maximum absolute atomic E-state index is 13.5. The normalized spacial score (nSPS) is 12.8. The lowest BCUT2D eigenvalue weighted by Gasteiger charge is -2.11. The smallest absolute Gasteiger partial charge is 0.251 e. The molecule has 5 rings (SSSR count). The number of nitrogens with one attached hydrogen (secondary N) is 1. The van der Waals surface area contributed by atoms with E-state index in [0.29, 0.717) is 40.2 Å². The van der Waals surface area contributed by atoms with Crippen molar-refractivity contribution in [3.8, 4) is 17.1 Å². The van der Waals surface area contributed by atoms with Crippen LogP contribution in [0.2, 0.25) is 0 Å². The highest BCUT2D eigenvalue weighted by Gasteiger charge is 2.15. The second-order valence-electron chi connectivity index (χ2n) is 7.59. The fourth-order valence-electron chi connectivity index (χ4n) is 3.63. The Labute approximate surface area is 188 Å². The number of hydrogen-bond donors (Lipinski definition) is 1. The van der Waals surface area contributed by atoms with Crippen LogP contribution in [0.4, 0.5) is 4.39 Å². The standard InChI is InChI=1S/C24H20FN7O/c25-18-8-5-16(6-9-18)22-23(32-15-26-14-29-32)31-20-10-7-17(13-21(20)30-22)24(33)28-12-2-4-19-3-1-11-27-19/h1,5-11,13-15H,2-4,12H2,(H,28,33). The molecule has 1 aliphatic rings. The number of amides is 1. The van der Waals surface area contributed by atoms with Gasteiger partial charge in [-0.1, -0.05) is 6.08 Å². The minimum absolute atomic E-state index is 0.172. The zero-order valence-corrected chi connectivity index (χ0v) is 17.6. The molecule has 0 bridgehead atoms. The SMILES string of the molecule is O=C(NCCCC1=NC=CC1)c1ccc2nc(-n3cncn3)c(-c3ccc(F)cc3)nc2c1. The molecule has 1 N–H and O–H groups in total. The van der Waals surface area contributed by atoms with E-state index < -0.39 is 0 Å². The molecule has 3 heterocycles. The molecule has 0 saturated heterocycles. The van der Waals surface area contributed by atoms with Gasteiger partial charge in [0.1, 0.15) is 24.2 Å². The third-order valence-electron chi connectivity index (χ3n) is 5.31. The number of nitrogens with zero attached hydrogens (tertiary/aromatic N) is 6. The Kier molecular flexibility index (Phi) is 5.67. The summed E-state index contributed by atoms with van der Waals surface area (Å²) in [6.45, 7) is 0.563. The molecule has 1 amide bonds. The van der Waals surface area contributed by atoms with E-state index in [2.05, 4.69) is 25.4 Å². The molecular weight excluding hydrogens is 421 g/mol. The molecule has 0 spiro atoms. The first-order chi connectivity index (χ1) is 16.2. The lowest BCUT2D eigenvalue weighted by molar-refractivity contribution is 0.0953. The van der Waals surface area contributed by atoms with Crippen LogP contribution < -0.4 is 5.32 Å². The average molecular weight is 441 g/mol. The van der Waals surface area contributed by atoms with Crippen molar-refractivity contribution >= 4 is 22.7 Å². The first kappa shape index (κ1) is 20.6. The minimum Gasteiger partial charge on any atom is -0.352 e. The lowest BCUT2D eigenvalue weighted by Crippen LogP contribution is -2.24. The highest BCUT2D eigenvalue weighted by Crippen LogP contribution is 2.26. The molecule has 2 aromatic heterocycles. The molecule has 4 aromatic rings. The van der Waals surface area contributed by atoms with Gasteiger partial charge in [0, 0.05) is 36.0 Å². The van der Waals surface area contributed by atoms with E-state index in [0.717, 1.165) is 25.0 Å². The Hall–Kier alpha value is -4.27. The van der Waals surface area contributed by atoms with E-state index >= 15 is 0 Å². The maximum Gasteiger partial charge on any atom is 0.251 e. The largest absolute Gasteiger partial charge is 0.352 e. The average Bonchev–Trinajstić information content (AvgIpc) is 3.56. The van der Waals surface area contributed by atoms with Gasteiger partial charge in [-0.3, -0.25) is 9.79 Å². The number of halogens is 1. The number of carbonyl (C=O) groups excluding carboxylic acids is 1. The Morgan fingerprint density at radius 3 is 2.73 bits per heavy atom. The summed E-state index contributed by atoms with van der Waals surface area (Å²) in [4.78, 5) is 30.4. The van der Waals surface area contributed by atoms with Crippen LogP contribution in [0.3, 0.4) is 0 Å². The summed E-state index contributed by atoms with van der Waals surface area (Å²) in [5, 5.41) is 7.11. The molecule has 164 valence electrons. The van der Waals surface area contributed by atoms with Crippen molar-refractivity contribution in [3.05, 3.63) is 78.8 Å². The summed E-state index contributed by atoms with van der Waals surface area (Å²) < 4.78 is 15.0. The number of benzene rings is 2. The van der Waals surface area contributed by atoms with E-state index in [1.54, 1.807) is 30.3 Å². The molecule has 0 unspecified atom stereocenters. The zero-order valence-electron chi connectivity index (χ0n) is 17.6. The molecule has 0 fully saturated rings. The quantitative estimate of drug-likeness (QED) is 0.439. The van der Waals surface area contributed by atoms with E-state index in [1.165, 1.54) is 29.5 Å². The first-order valence-electron chi connectivity index (χ1n) is 10.6. The molecule has 0 aliphatic carbocycles. The third-order valence-corrected chi connectivity index (χ3v) is 5.31. The second kappa shape index (κ2) is 9.07. The number of hydrogen-bond acceptors (Lipinski definition) is 6. The van der Waals surface area contributed by atoms with Gasteiger partial charge in [-0.05, 0) is 55.3 Å². The maximum atomic E-state index is 13.5. The van der Waals surface area contributed by atoms with E-state index in [9.17, 15) is 9.18 Å². The van der Waals surface area contributed by atoms with Crippen molar-refractivity contribution in [1.82, 2.24) is 30.0 Å². The van der Waals surface area contributed by atoms with Gasteiger partial charge in [0.15, 0.2) is 5.82 Å². The molecule has 8 nitrogen and oxygen atoms in total.